The molecule has 0 saturated carbocycles. The standard InChI is InChI=1S/C84H145NO18/c1-3-5-7-9-11-13-15-17-19-21-22-23-24-25-26-27-28-29-30-31-32-33-34-35-36-37-38-39-40-41-42-43-44-46-48-50-52-54-56-58-60-62-72(90)85-67(68(89)61-59-57-55-53-51-49-47-45-20-18-16-14-12-10-8-6-4-2)66-98-82-78(96)75(93)80(70(64-87)100-82)103-84-79(97)76(94)81(71(65-88)101-84)102-83-77(95)74(92)73(91)69(63-86)99-83/h5,7,11,13,17,19,22-23,25-26,28-29,31-32,34-35,37-38,67-71,73-84,86-89,91-97H,3-4,6,8-10,12,14-16,18,20-21,24,27,30,33,36,39-66H2,1-2H3,(H,85,90)/b7-5-,13-11-,19-17-,23-22-,26-25-,29-28-,32-31-,35-34-,38-37-. The molecule has 3 aliphatic rings. The molecule has 3 aliphatic heterocycles. The Morgan fingerprint density at radius 1 is 0.359 bits per heavy atom. The number of nitrogens with one attached hydrogen (secondary N) is 1. The summed E-state index contributed by atoms with van der Waals surface area (Å²) in [5.41, 5.74) is 0. The van der Waals surface area contributed by atoms with Crippen LogP contribution in [0.15, 0.2) is 109 Å². The van der Waals surface area contributed by atoms with Crippen LogP contribution in [0.2, 0.25) is 0 Å². The maximum Gasteiger partial charge on any atom is 0.220 e. The van der Waals surface area contributed by atoms with E-state index in [-0.39, 0.29) is 18.9 Å². The second kappa shape index (κ2) is 63.4. The van der Waals surface area contributed by atoms with Gasteiger partial charge in [0.15, 0.2) is 18.9 Å². The topological polar surface area (TPSA) is 307 Å². The van der Waals surface area contributed by atoms with Crippen molar-refractivity contribution in [2.75, 3.05) is 26.4 Å². The van der Waals surface area contributed by atoms with Crippen molar-refractivity contribution in [1.29, 1.82) is 0 Å². The summed E-state index contributed by atoms with van der Waals surface area (Å²) < 4.78 is 34.5. The number of hydrogen-bond donors (Lipinski definition) is 12. The van der Waals surface area contributed by atoms with Crippen LogP contribution in [0, 0.1) is 0 Å². The van der Waals surface area contributed by atoms with Crippen LogP contribution >= 0.6 is 0 Å². The van der Waals surface area contributed by atoms with Crippen LogP contribution in [0.4, 0.5) is 0 Å². The summed E-state index contributed by atoms with van der Waals surface area (Å²) in [5, 5.41) is 121. The number of carbonyl (C=O) groups is 1. The predicted molar refractivity (Wildman–Crippen MR) is 410 cm³/mol. The lowest BCUT2D eigenvalue weighted by molar-refractivity contribution is -0.379. The molecule has 0 aromatic carbocycles. The third-order valence-corrected chi connectivity index (χ3v) is 19.6. The second-order valence-corrected chi connectivity index (χ2v) is 28.5. The van der Waals surface area contributed by atoms with Gasteiger partial charge in [0, 0.05) is 6.42 Å². The first-order valence-corrected chi connectivity index (χ1v) is 40.6. The molecule has 17 unspecified atom stereocenters. The van der Waals surface area contributed by atoms with E-state index in [2.05, 4.69) is 129 Å². The van der Waals surface area contributed by atoms with E-state index in [1.807, 2.05) is 0 Å². The molecule has 3 saturated heterocycles. The smallest absolute Gasteiger partial charge is 0.220 e. The summed E-state index contributed by atoms with van der Waals surface area (Å²) >= 11 is 0. The van der Waals surface area contributed by atoms with Crippen LogP contribution in [-0.4, -0.2) is 193 Å². The fourth-order valence-electron chi connectivity index (χ4n) is 13.1. The maximum absolute atomic E-state index is 13.5. The summed E-state index contributed by atoms with van der Waals surface area (Å²) in [4.78, 5) is 13.5. The number of unbranched alkanes of at least 4 members (excludes halogenated alkanes) is 29. The van der Waals surface area contributed by atoms with Crippen LogP contribution in [0.1, 0.15) is 284 Å². The Morgan fingerprint density at radius 3 is 1.05 bits per heavy atom. The van der Waals surface area contributed by atoms with Crippen molar-refractivity contribution in [3.05, 3.63) is 109 Å². The fourth-order valence-corrected chi connectivity index (χ4v) is 13.1. The molecule has 0 radical (unpaired) electrons. The van der Waals surface area contributed by atoms with Crippen molar-refractivity contribution < 1.29 is 89.4 Å². The summed E-state index contributed by atoms with van der Waals surface area (Å²) in [6, 6.07) is -0.894. The Kier molecular flexibility index (Phi) is 57.6. The van der Waals surface area contributed by atoms with Crippen molar-refractivity contribution in [1.82, 2.24) is 5.32 Å². The largest absolute Gasteiger partial charge is 0.394 e. The van der Waals surface area contributed by atoms with E-state index in [1.165, 1.54) is 141 Å². The Bertz CT molecular complexity index is 2290. The summed E-state index contributed by atoms with van der Waals surface area (Å²) in [6.07, 6.45) is 60.3. The lowest BCUT2D eigenvalue weighted by Crippen LogP contribution is -2.66. The van der Waals surface area contributed by atoms with Crippen LogP contribution in [0.25, 0.3) is 0 Å². The van der Waals surface area contributed by atoms with Gasteiger partial charge < -0.3 is 89.9 Å². The number of carbonyl (C=O) groups excluding carboxylic acids is 1. The number of rotatable bonds is 63. The van der Waals surface area contributed by atoms with Crippen LogP contribution in [0.3, 0.4) is 0 Å². The van der Waals surface area contributed by atoms with Crippen LogP contribution in [0.5, 0.6) is 0 Å². The average molecular weight is 1460 g/mol. The molecule has 3 fully saturated rings. The van der Waals surface area contributed by atoms with Crippen LogP contribution < -0.4 is 5.32 Å². The number of hydrogen-bond acceptors (Lipinski definition) is 18. The number of aliphatic hydroxyl groups is 11. The molecule has 12 N–H and O–H groups in total. The Labute approximate surface area is 621 Å². The minimum atomic E-state index is -1.98. The van der Waals surface area contributed by atoms with Gasteiger partial charge >= 0.3 is 0 Å². The SMILES string of the molecule is CC/C=C\C/C=C\C/C=C\C/C=C\C/C=C\C/C=C\C/C=C\C/C=C\C/C=C\CCCCCCCCCCCCCCCC(=O)NC(COC1OC(CO)C(OC2OC(CO)C(OC3OC(CO)C(O)C(O)C3O)C(O)C2O)C(O)C1O)C(O)CCCCCCCCCCCCCCCCCCC. The number of aliphatic hydroxyl groups excluding tert-OH is 11. The summed E-state index contributed by atoms with van der Waals surface area (Å²) in [7, 11) is 0. The summed E-state index contributed by atoms with van der Waals surface area (Å²) in [6.45, 7) is 1.70. The zero-order chi connectivity index (χ0) is 74.6. The van der Waals surface area contributed by atoms with Gasteiger partial charge in [0.2, 0.25) is 5.91 Å². The maximum atomic E-state index is 13.5. The molecule has 19 heteroatoms. The van der Waals surface area contributed by atoms with Gasteiger partial charge in [-0.3, -0.25) is 4.79 Å². The van der Waals surface area contributed by atoms with Crippen LogP contribution in [-0.2, 0) is 33.2 Å². The third-order valence-electron chi connectivity index (χ3n) is 19.6. The van der Waals surface area contributed by atoms with Gasteiger partial charge in [-0.15, -0.1) is 0 Å². The normalized spacial score (nSPS) is 26.6. The minimum Gasteiger partial charge on any atom is -0.394 e. The zero-order valence-electron chi connectivity index (χ0n) is 63.5. The Hall–Kier alpha value is -3.55. The monoisotopic (exact) mass is 1460 g/mol. The van der Waals surface area contributed by atoms with E-state index in [1.54, 1.807) is 0 Å². The molecule has 19 nitrogen and oxygen atoms in total. The van der Waals surface area contributed by atoms with Gasteiger partial charge in [-0.2, -0.15) is 0 Å². The van der Waals surface area contributed by atoms with Gasteiger partial charge in [-0.1, -0.05) is 303 Å². The van der Waals surface area contributed by atoms with Gasteiger partial charge in [0.25, 0.3) is 0 Å². The first kappa shape index (κ1) is 93.7. The molecular formula is C84H145NO18. The molecule has 103 heavy (non-hydrogen) atoms. The van der Waals surface area contributed by atoms with Crippen molar-refractivity contribution in [3.63, 3.8) is 0 Å². The van der Waals surface area contributed by atoms with Gasteiger partial charge in [0.05, 0.1) is 38.6 Å². The van der Waals surface area contributed by atoms with E-state index in [0.717, 1.165) is 109 Å². The highest BCUT2D eigenvalue weighted by atomic mass is 16.8. The average Bonchev–Trinajstić information content (AvgIpc) is 0.782. The third kappa shape index (κ3) is 43.3. The van der Waals surface area contributed by atoms with Gasteiger partial charge in [0.1, 0.15) is 73.2 Å². The van der Waals surface area contributed by atoms with Crippen molar-refractivity contribution >= 4 is 5.91 Å². The van der Waals surface area contributed by atoms with Gasteiger partial charge in [-0.25, -0.2) is 0 Å². The van der Waals surface area contributed by atoms with E-state index in [9.17, 15) is 61.0 Å². The molecular weight excluding hydrogens is 1310 g/mol. The first-order valence-electron chi connectivity index (χ1n) is 40.6. The minimum absolute atomic E-state index is 0.246. The van der Waals surface area contributed by atoms with Gasteiger partial charge in [-0.05, 0) is 83.5 Å². The number of ether oxygens (including phenoxy) is 6. The second-order valence-electron chi connectivity index (χ2n) is 28.5. The molecule has 17 atom stereocenters. The highest BCUT2D eigenvalue weighted by Gasteiger charge is 2.54. The molecule has 0 aromatic heterocycles. The molecule has 3 rings (SSSR count). The number of allylic oxidation sites excluding steroid dienone is 18. The first-order chi connectivity index (χ1) is 50.3. The van der Waals surface area contributed by atoms with Crippen molar-refractivity contribution in [2.24, 2.45) is 0 Å². The predicted octanol–water partition coefficient (Wildman–Crippen LogP) is 13.7. The molecule has 1 amide bonds. The zero-order valence-corrected chi connectivity index (χ0v) is 63.5. The van der Waals surface area contributed by atoms with E-state index < -0.39 is 124 Å². The quantitative estimate of drug-likeness (QED) is 0.0199. The fraction of sp³-hybridized carbons (Fsp3) is 0.774. The molecule has 0 aliphatic carbocycles. The van der Waals surface area contributed by atoms with Crippen molar-refractivity contribution in [3.8, 4) is 0 Å². The molecule has 0 bridgehead atoms. The molecule has 0 spiro atoms. The molecule has 594 valence electrons. The lowest BCUT2D eigenvalue weighted by atomic mass is 9.96. The van der Waals surface area contributed by atoms with E-state index >= 15 is 0 Å². The number of amides is 1. The Morgan fingerprint density at radius 2 is 0.670 bits per heavy atom. The van der Waals surface area contributed by atoms with E-state index in [0.29, 0.717) is 12.8 Å². The Balaban J connectivity index is 1.31. The van der Waals surface area contributed by atoms with E-state index in [4.69, 9.17) is 28.4 Å². The molecule has 0 aromatic rings. The van der Waals surface area contributed by atoms with Crippen molar-refractivity contribution in [2.45, 2.75) is 388 Å². The lowest BCUT2D eigenvalue weighted by Gasteiger charge is -2.48. The highest BCUT2D eigenvalue weighted by Crippen LogP contribution is 2.33. The highest BCUT2D eigenvalue weighted by molar-refractivity contribution is 5.76. The summed E-state index contributed by atoms with van der Waals surface area (Å²) in [5.74, 6) is -0.246. The molecule has 3 heterocycles.